The summed E-state index contributed by atoms with van der Waals surface area (Å²) in [4.78, 5) is 0. The van der Waals surface area contributed by atoms with Crippen molar-refractivity contribution in [2.24, 2.45) is 0 Å². The van der Waals surface area contributed by atoms with Crippen molar-refractivity contribution in [2.75, 3.05) is 0 Å². The van der Waals surface area contributed by atoms with Crippen LogP contribution in [-0.4, -0.2) is 10.2 Å². The van der Waals surface area contributed by atoms with E-state index in [9.17, 15) is 10.2 Å². The Balaban J connectivity index is 2.22. The van der Waals surface area contributed by atoms with Gasteiger partial charge >= 0.3 is 23.0 Å². The number of aryl methyl sites for hydroxylation is 2. The van der Waals surface area contributed by atoms with Crippen LogP contribution in [0, 0.1) is 27.7 Å². The highest BCUT2D eigenvalue weighted by molar-refractivity contribution is 5.51. The van der Waals surface area contributed by atoms with Gasteiger partial charge in [-0.1, -0.05) is 0 Å². The van der Waals surface area contributed by atoms with Gasteiger partial charge in [-0.15, -0.1) is 0 Å². The molecule has 0 radical (unpaired) electrons. The molecule has 104 valence electrons. The largest absolute Gasteiger partial charge is 0.500 e. The molecule has 0 unspecified atom stereocenters. The van der Waals surface area contributed by atoms with Gasteiger partial charge in [0.25, 0.3) is 0 Å². The maximum Gasteiger partial charge on any atom is 0.367 e. The molecule has 1 aliphatic rings. The Labute approximate surface area is 117 Å². The molecule has 20 heavy (non-hydrogen) atoms. The van der Waals surface area contributed by atoms with E-state index in [0.717, 1.165) is 33.8 Å². The van der Waals surface area contributed by atoms with Crippen molar-refractivity contribution in [2.45, 2.75) is 40.5 Å². The van der Waals surface area contributed by atoms with E-state index in [1.165, 1.54) is 0 Å². The standard InChI is InChI=1S/C16H16O4/c1-7-11-5-14-12(8(2)16(18)10(4)20-14)6-13(11)19-9(3)15(7)17/h5-6H2,1-4H3/p+2. The van der Waals surface area contributed by atoms with Crippen molar-refractivity contribution in [3.63, 3.8) is 0 Å². The third-order valence-corrected chi connectivity index (χ3v) is 4.18. The maximum atomic E-state index is 10.00. The zero-order valence-corrected chi connectivity index (χ0v) is 12.1. The first-order valence-electron chi connectivity index (χ1n) is 6.68. The first kappa shape index (κ1) is 12.9. The Morgan fingerprint density at radius 1 is 0.700 bits per heavy atom. The predicted molar refractivity (Wildman–Crippen MR) is 74.1 cm³/mol. The molecule has 4 heteroatoms. The molecule has 0 fully saturated rings. The topological polar surface area (TPSA) is 63.1 Å². The number of fused-ring (bicyclic) bond motifs is 2. The smallest absolute Gasteiger partial charge is 0.367 e. The minimum absolute atomic E-state index is 0.208. The third kappa shape index (κ3) is 1.68. The van der Waals surface area contributed by atoms with Gasteiger partial charge in [0.1, 0.15) is 0 Å². The summed E-state index contributed by atoms with van der Waals surface area (Å²) in [7, 11) is 0. The molecule has 3 rings (SSSR count). The van der Waals surface area contributed by atoms with Gasteiger partial charge in [-0.3, -0.25) is 0 Å². The first-order chi connectivity index (χ1) is 9.40. The quantitative estimate of drug-likeness (QED) is 0.615. The predicted octanol–water partition coefficient (Wildman–Crippen LogP) is 3.57. The number of hydrogen-bond donors (Lipinski definition) is 2. The summed E-state index contributed by atoms with van der Waals surface area (Å²) in [5.74, 6) is 3.14. The zero-order valence-electron chi connectivity index (χ0n) is 12.1. The second-order valence-electron chi connectivity index (χ2n) is 5.42. The Hall–Kier alpha value is -2.10. The van der Waals surface area contributed by atoms with Crippen molar-refractivity contribution >= 4 is 0 Å². The van der Waals surface area contributed by atoms with E-state index >= 15 is 0 Å². The molecule has 0 atom stereocenters. The van der Waals surface area contributed by atoms with Crippen LogP contribution in [-0.2, 0) is 12.8 Å². The van der Waals surface area contributed by atoms with Crippen molar-refractivity contribution < 1.29 is 19.0 Å². The molecule has 0 aliphatic heterocycles. The molecule has 0 saturated carbocycles. The van der Waals surface area contributed by atoms with Gasteiger partial charge in [0.15, 0.2) is 0 Å². The summed E-state index contributed by atoms with van der Waals surface area (Å²) in [6.45, 7) is 7.29. The van der Waals surface area contributed by atoms with Gasteiger partial charge in [-0.25, -0.2) is 8.83 Å². The molecule has 0 spiro atoms. The molecule has 4 nitrogen and oxygen atoms in total. The van der Waals surface area contributed by atoms with Gasteiger partial charge in [-0.05, 0) is 13.8 Å². The Bertz CT molecular complexity index is 669. The highest BCUT2D eigenvalue weighted by Gasteiger charge is 2.38. The van der Waals surface area contributed by atoms with E-state index in [2.05, 4.69) is 0 Å². The van der Waals surface area contributed by atoms with Crippen molar-refractivity contribution in [3.05, 3.63) is 45.3 Å². The fraction of sp³-hybridized carbons (Fsp3) is 0.375. The van der Waals surface area contributed by atoms with Crippen LogP contribution in [0.2, 0.25) is 0 Å². The second kappa shape index (κ2) is 4.20. The van der Waals surface area contributed by atoms with E-state index < -0.39 is 0 Å². The van der Waals surface area contributed by atoms with Crippen LogP contribution >= 0.6 is 0 Å². The summed E-state index contributed by atoms with van der Waals surface area (Å²) in [5.41, 5.74) is 3.64. The fourth-order valence-corrected chi connectivity index (χ4v) is 2.89. The SMILES string of the molecule is Cc1[o+]c2c(c(C)c1O)Cc1[o+]c(C)c(O)c(C)c1C2. The Kier molecular flexibility index (Phi) is 2.71. The van der Waals surface area contributed by atoms with Crippen LogP contribution in [0.5, 0.6) is 11.5 Å². The lowest BCUT2D eigenvalue weighted by Crippen LogP contribution is -2.12. The highest BCUT2D eigenvalue weighted by atomic mass is 16.4. The lowest BCUT2D eigenvalue weighted by atomic mass is 9.89. The molecule has 1 aliphatic carbocycles. The van der Waals surface area contributed by atoms with E-state index in [0.29, 0.717) is 24.4 Å². The van der Waals surface area contributed by atoms with E-state index in [1.807, 2.05) is 13.8 Å². The zero-order chi connectivity index (χ0) is 14.6. The van der Waals surface area contributed by atoms with E-state index in [-0.39, 0.29) is 11.5 Å². The molecule has 2 N–H and O–H groups in total. The van der Waals surface area contributed by atoms with Crippen molar-refractivity contribution in [1.82, 2.24) is 0 Å². The molecule has 0 saturated heterocycles. The molecular formula is C16H18O4+2. The molecule has 0 aromatic carbocycles. The fourth-order valence-electron chi connectivity index (χ4n) is 2.89. The van der Waals surface area contributed by atoms with Gasteiger partial charge in [0.2, 0.25) is 11.5 Å². The average Bonchev–Trinajstić information content (AvgIpc) is 2.42. The Morgan fingerprint density at radius 3 is 1.40 bits per heavy atom. The first-order valence-corrected chi connectivity index (χ1v) is 6.68. The number of hydrogen-bond acceptors (Lipinski definition) is 2. The maximum absolute atomic E-state index is 10.00. The van der Waals surface area contributed by atoms with Crippen LogP contribution in [0.3, 0.4) is 0 Å². The summed E-state index contributed by atoms with van der Waals surface area (Å²) in [6, 6.07) is 0. The van der Waals surface area contributed by atoms with Crippen molar-refractivity contribution in [3.8, 4) is 11.5 Å². The third-order valence-electron chi connectivity index (χ3n) is 4.18. The van der Waals surface area contributed by atoms with E-state index in [1.54, 1.807) is 13.8 Å². The molecule has 2 aromatic heterocycles. The minimum Gasteiger partial charge on any atom is -0.500 e. The van der Waals surface area contributed by atoms with Gasteiger partial charge in [0.05, 0.1) is 37.8 Å². The molecule has 2 aromatic rings. The van der Waals surface area contributed by atoms with E-state index in [4.69, 9.17) is 8.83 Å². The average molecular weight is 274 g/mol. The lowest BCUT2D eigenvalue weighted by Gasteiger charge is -2.12. The second-order valence-corrected chi connectivity index (χ2v) is 5.42. The van der Waals surface area contributed by atoms with Gasteiger partial charge < -0.3 is 10.2 Å². The monoisotopic (exact) mass is 274 g/mol. The van der Waals surface area contributed by atoms with Gasteiger partial charge in [-0.2, -0.15) is 0 Å². The normalized spacial score (nSPS) is 13.0. The Morgan fingerprint density at radius 2 is 1.05 bits per heavy atom. The van der Waals surface area contributed by atoms with Crippen LogP contribution in [0.1, 0.15) is 45.3 Å². The summed E-state index contributed by atoms with van der Waals surface area (Å²) in [5, 5.41) is 20.0. The molecule has 0 amide bonds. The van der Waals surface area contributed by atoms with Crippen LogP contribution in [0.25, 0.3) is 0 Å². The number of aromatic hydroxyl groups is 2. The van der Waals surface area contributed by atoms with Crippen LogP contribution in [0.15, 0.2) is 8.83 Å². The van der Waals surface area contributed by atoms with Gasteiger partial charge in [0, 0.05) is 11.1 Å². The minimum atomic E-state index is 0.208. The summed E-state index contributed by atoms with van der Waals surface area (Å²) < 4.78 is 11.4. The van der Waals surface area contributed by atoms with Crippen molar-refractivity contribution in [1.29, 1.82) is 0 Å². The number of rotatable bonds is 0. The van der Waals surface area contributed by atoms with Crippen LogP contribution < -0.4 is 0 Å². The summed E-state index contributed by atoms with van der Waals surface area (Å²) >= 11 is 0. The summed E-state index contributed by atoms with van der Waals surface area (Å²) in [6.07, 6.45) is 1.16. The molecular weight excluding hydrogens is 256 g/mol. The molecule has 0 bridgehead atoms. The highest BCUT2D eigenvalue weighted by Crippen LogP contribution is 2.39. The molecule has 2 heterocycles. The lowest BCUT2D eigenvalue weighted by molar-refractivity contribution is 0.369. The van der Waals surface area contributed by atoms with Crippen LogP contribution in [0.4, 0.5) is 0 Å².